The zero-order chi connectivity index (χ0) is 20.0. The summed E-state index contributed by atoms with van der Waals surface area (Å²) in [5.74, 6) is 0.394. The van der Waals surface area contributed by atoms with Gasteiger partial charge in [-0.3, -0.25) is 9.59 Å². The number of hydrogen-bond acceptors (Lipinski definition) is 5. The number of anilines is 2. The second-order valence-corrected chi connectivity index (χ2v) is 5.93. The molecule has 0 unspecified atom stereocenters. The van der Waals surface area contributed by atoms with Crippen molar-refractivity contribution >= 4 is 23.2 Å². The smallest absolute Gasteiger partial charge is 0.233 e. The molecule has 0 radical (unpaired) electrons. The van der Waals surface area contributed by atoms with Gasteiger partial charge in [-0.25, -0.2) is 0 Å². The molecule has 0 aliphatic rings. The first-order chi connectivity index (χ1) is 12.9. The van der Waals surface area contributed by atoms with E-state index in [9.17, 15) is 9.59 Å². The highest BCUT2D eigenvalue weighted by molar-refractivity contribution is 6.08. The molecule has 144 valence electrons. The van der Waals surface area contributed by atoms with Crippen LogP contribution in [0.4, 0.5) is 11.4 Å². The minimum absolute atomic E-state index is 0.315. The second kappa shape index (κ2) is 8.93. The van der Waals surface area contributed by atoms with Crippen molar-refractivity contribution in [2.75, 3.05) is 32.0 Å². The lowest BCUT2D eigenvalue weighted by atomic mass is 10.1. The maximum atomic E-state index is 12.2. The van der Waals surface area contributed by atoms with Crippen LogP contribution in [0.2, 0.25) is 0 Å². The number of hydrogen-bond donors (Lipinski definition) is 2. The van der Waals surface area contributed by atoms with Crippen molar-refractivity contribution in [3.63, 3.8) is 0 Å². The summed E-state index contributed by atoms with van der Waals surface area (Å²) in [5, 5.41) is 5.43. The summed E-state index contributed by atoms with van der Waals surface area (Å²) in [5.41, 5.74) is 3.17. The normalized spacial score (nSPS) is 10.1. The van der Waals surface area contributed by atoms with Crippen molar-refractivity contribution in [1.29, 1.82) is 0 Å². The van der Waals surface area contributed by atoms with Gasteiger partial charge in [0.05, 0.1) is 21.3 Å². The Hall–Kier alpha value is -3.22. The highest BCUT2D eigenvalue weighted by Crippen LogP contribution is 2.39. The third-order valence-electron chi connectivity index (χ3n) is 4.15. The van der Waals surface area contributed by atoms with Crippen LogP contribution in [-0.4, -0.2) is 33.1 Å². The Morgan fingerprint density at radius 3 is 2.04 bits per heavy atom. The Balaban J connectivity index is 2.07. The standard InChI is InChI=1S/C20H24N2O5/c1-12-7-6-8-15(13(12)2)22-19(24)11-18(23)21-14-9-16(25-3)20(27-5)17(10-14)26-4/h6-10H,11H2,1-5H3,(H,21,23)(H,22,24). The minimum atomic E-state index is -0.452. The van der Waals surface area contributed by atoms with E-state index >= 15 is 0 Å². The van der Waals surface area contributed by atoms with Crippen LogP contribution in [-0.2, 0) is 9.59 Å². The zero-order valence-electron chi connectivity index (χ0n) is 16.1. The van der Waals surface area contributed by atoms with E-state index in [2.05, 4.69) is 10.6 Å². The Morgan fingerprint density at radius 1 is 0.889 bits per heavy atom. The first-order valence-corrected chi connectivity index (χ1v) is 8.35. The number of methoxy groups -OCH3 is 3. The molecule has 0 aliphatic carbocycles. The number of carbonyl (C=O) groups excluding carboxylic acids is 2. The fourth-order valence-corrected chi connectivity index (χ4v) is 2.59. The summed E-state index contributed by atoms with van der Waals surface area (Å²) >= 11 is 0. The Morgan fingerprint density at radius 2 is 1.48 bits per heavy atom. The lowest BCUT2D eigenvalue weighted by molar-refractivity contribution is -0.123. The molecule has 0 fully saturated rings. The molecule has 27 heavy (non-hydrogen) atoms. The third kappa shape index (κ3) is 4.91. The van der Waals surface area contributed by atoms with Gasteiger partial charge in [-0.15, -0.1) is 0 Å². The highest BCUT2D eigenvalue weighted by atomic mass is 16.5. The van der Waals surface area contributed by atoms with Gasteiger partial charge in [0.25, 0.3) is 0 Å². The lowest BCUT2D eigenvalue weighted by Crippen LogP contribution is -2.22. The summed E-state index contributed by atoms with van der Waals surface area (Å²) in [6, 6.07) is 8.82. The average Bonchev–Trinajstić information content (AvgIpc) is 2.64. The van der Waals surface area contributed by atoms with Crippen LogP contribution in [0.25, 0.3) is 0 Å². The molecule has 7 nitrogen and oxygen atoms in total. The van der Waals surface area contributed by atoms with Crippen molar-refractivity contribution in [3.05, 3.63) is 41.5 Å². The number of rotatable bonds is 7. The second-order valence-electron chi connectivity index (χ2n) is 5.93. The molecule has 0 aliphatic heterocycles. The van der Waals surface area contributed by atoms with Crippen LogP contribution in [0.15, 0.2) is 30.3 Å². The van der Waals surface area contributed by atoms with E-state index in [1.807, 2.05) is 26.0 Å². The molecule has 0 heterocycles. The topological polar surface area (TPSA) is 85.9 Å². The predicted molar refractivity (Wildman–Crippen MR) is 104 cm³/mol. The van der Waals surface area contributed by atoms with Crippen molar-refractivity contribution in [2.24, 2.45) is 0 Å². The number of ether oxygens (including phenoxy) is 3. The van der Waals surface area contributed by atoms with Gasteiger partial charge in [0.2, 0.25) is 17.6 Å². The molecule has 0 saturated heterocycles. The molecule has 0 aromatic heterocycles. The molecular weight excluding hydrogens is 348 g/mol. The number of benzene rings is 2. The molecular formula is C20H24N2O5. The summed E-state index contributed by atoms with van der Waals surface area (Å²) in [7, 11) is 4.47. The molecule has 2 N–H and O–H groups in total. The van der Waals surface area contributed by atoms with Gasteiger partial charge in [0.1, 0.15) is 6.42 Å². The monoisotopic (exact) mass is 372 g/mol. The molecule has 2 aromatic carbocycles. The predicted octanol–water partition coefficient (Wildman–Crippen LogP) is 3.30. The highest BCUT2D eigenvalue weighted by Gasteiger charge is 2.16. The third-order valence-corrected chi connectivity index (χ3v) is 4.15. The van der Waals surface area contributed by atoms with Crippen LogP contribution in [0, 0.1) is 13.8 Å². The van der Waals surface area contributed by atoms with Crippen LogP contribution in [0.1, 0.15) is 17.5 Å². The maximum absolute atomic E-state index is 12.2. The summed E-state index contributed by atoms with van der Waals surface area (Å²) in [6.07, 6.45) is -0.315. The van der Waals surface area contributed by atoms with Gasteiger partial charge in [0, 0.05) is 23.5 Å². The lowest BCUT2D eigenvalue weighted by Gasteiger charge is -2.15. The van der Waals surface area contributed by atoms with Crippen molar-refractivity contribution in [3.8, 4) is 17.2 Å². The Kier molecular flexibility index (Phi) is 6.65. The van der Waals surface area contributed by atoms with Crippen molar-refractivity contribution in [2.45, 2.75) is 20.3 Å². The number of carbonyl (C=O) groups is 2. The van der Waals surface area contributed by atoms with Gasteiger partial charge < -0.3 is 24.8 Å². The number of amides is 2. The SMILES string of the molecule is COc1cc(NC(=O)CC(=O)Nc2cccc(C)c2C)cc(OC)c1OC. The van der Waals surface area contributed by atoms with Gasteiger partial charge in [0.15, 0.2) is 11.5 Å². The van der Waals surface area contributed by atoms with Crippen LogP contribution in [0.5, 0.6) is 17.2 Å². The van der Waals surface area contributed by atoms with Gasteiger partial charge in [-0.1, -0.05) is 12.1 Å². The minimum Gasteiger partial charge on any atom is -0.493 e. The molecule has 2 rings (SSSR count). The largest absolute Gasteiger partial charge is 0.493 e. The molecule has 0 saturated carbocycles. The molecule has 0 spiro atoms. The fourth-order valence-electron chi connectivity index (χ4n) is 2.59. The quantitative estimate of drug-likeness (QED) is 0.729. The van der Waals surface area contributed by atoms with Crippen molar-refractivity contribution in [1.82, 2.24) is 0 Å². The summed E-state index contributed by atoms with van der Waals surface area (Å²) in [6.45, 7) is 3.88. The van der Waals surface area contributed by atoms with Crippen LogP contribution < -0.4 is 24.8 Å². The maximum Gasteiger partial charge on any atom is 0.233 e. The van der Waals surface area contributed by atoms with E-state index in [1.165, 1.54) is 21.3 Å². The first-order valence-electron chi connectivity index (χ1n) is 8.35. The van der Waals surface area contributed by atoms with Gasteiger partial charge >= 0.3 is 0 Å². The zero-order valence-corrected chi connectivity index (χ0v) is 16.1. The average molecular weight is 372 g/mol. The van der Waals surface area contributed by atoms with Crippen molar-refractivity contribution < 1.29 is 23.8 Å². The van der Waals surface area contributed by atoms with E-state index in [0.717, 1.165) is 11.1 Å². The summed E-state index contributed by atoms with van der Waals surface area (Å²) in [4.78, 5) is 24.4. The van der Waals surface area contributed by atoms with E-state index in [-0.39, 0.29) is 6.42 Å². The fraction of sp³-hybridized carbons (Fsp3) is 0.300. The first kappa shape index (κ1) is 20.1. The van der Waals surface area contributed by atoms with E-state index in [4.69, 9.17) is 14.2 Å². The molecule has 7 heteroatoms. The molecule has 2 aromatic rings. The number of aryl methyl sites for hydroxylation is 1. The van der Waals surface area contributed by atoms with E-state index in [0.29, 0.717) is 28.6 Å². The van der Waals surface area contributed by atoms with Gasteiger partial charge in [-0.05, 0) is 31.0 Å². The molecule has 2 amide bonds. The van der Waals surface area contributed by atoms with Crippen LogP contribution >= 0.6 is 0 Å². The van der Waals surface area contributed by atoms with E-state index < -0.39 is 11.8 Å². The summed E-state index contributed by atoms with van der Waals surface area (Å²) < 4.78 is 15.7. The molecule has 0 bridgehead atoms. The van der Waals surface area contributed by atoms with Crippen LogP contribution in [0.3, 0.4) is 0 Å². The molecule has 0 atom stereocenters. The Labute approximate surface area is 158 Å². The number of nitrogens with one attached hydrogen (secondary N) is 2. The van der Waals surface area contributed by atoms with Gasteiger partial charge in [-0.2, -0.15) is 0 Å². The van der Waals surface area contributed by atoms with E-state index in [1.54, 1.807) is 18.2 Å². The Bertz CT molecular complexity index is 823.